The third kappa shape index (κ3) is 2.16. The molecule has 0 aliphatic heterocycles. The molecule has 74 valence electrons. The van der Waals surface area contributed by atoms with E-state index in [0.29, 0.717) is 0 Å². The number of nitrogen functional groups attached to an aromatic ring is 1. The fourth-order valence-corrected chi connectivity index (χ4v) is 2.05. The third-order valence-corrected chi connectivity index (χ3v) is 2.94. The van der Waals surface area contributed by atoms with Crippen LogP contribution in [0.25, 0.3) is 6.08 Å². The average molecular weight is 187 g/mol. The van der Waals surface area contributed by atoms with Crippen molar-refractivity contribution in [3.63, 3.8) is 0 Å². The molecule has 14 heavy (non-hydrogen) atoms. The summed E-state index contributed by atoms with van der Waals surface area (Å²) in [6.45, 7) is 0. The molecule has 0 unspecified atom stereocenters. The Morgan fingerprint density at radius 3 is 2.57 bits per heavy atom. The SMILES string of the molecule is Nc1ccccc1/C=C/C1CCCC1. The molecule has 1 aromatic carbocycles. The zero-order chi connectivity index (χ0) is 9.80. The number of hydrogen-bond donors (Lipinski definition) is 1. The van der Waals surface area contributed by atoms with E-state index in [0.717, 1.165) is 17.2 Å². The molecule has 0 amide bonds. The topological polar surface area (TPSA) is 26.0 Å². The van der Waals surface area contributed by atoms with Gasteiger partial charge in [-0.2, -0.15) is 0 Å². The van der Waals surface area contributed by atoms with E-state index in [2.05, 4.69) is 18.2 Å². The first-order valence-corrected chi connectivity index (χ1v) is 5.39. The zero-order valence-electron chi connectivity index (χ0n) is 8.45. The van der Waals surface area contributed by atoms with Crippen LogP contribution in [-0.2, 0) is 0 Å². The maximum absolute atomic E-state index is 5.85. The number of nitrogens with two attached hydrogens (primary N) is 1. The summed E-state index contributed by atoms with van der Waals surface area (Å²) < 4.78 is 0. The van der Waals surface area contributed by atoms with Crippen molar-refractivity contribution in [3.05, 3.63) is 35.9 Å². The summed E-state index contributed by atoms with van der Waals surface area (Å²) in [5.41, 5.74) is 7.88. The summed E-state index contributed by atoms with van der Waals surface area (Å²) in [4.78, 5) is 0. The Kier molecular flexibility index (Phi) is 2.87. The van der Waals surface area contributed by atoms with Gasteiger partial charge in [0.1, 0.15) is 0 Å². The Morgan fingerprint density at radius 2 is 1.86 bits per heavy atom. The lowest BCUT2D eigenvalue weighted by atomic mass is 10.1. The molecule has 1 saturated carbocycles. The molecule has 0 radical (unpaired) electrons. The van der Waals surface area contributed by atoms with Crippen LogP contribution in [0.5, 0.6) is 0 Å². The normalized spacial score (nSPS) is 18.0. The third-order valence-electron chi connectivity index (χ3n) is 2.94. The zero-order valence-corrected chi connectivity index (χ0v) is 8.45. The van der Waals surface area contributed by atoms with Gasteiger partial charge in [0, 0.05) is 5.69 Å². The molecule has 1 aliphatic rings. The van der Waals surface area contributed by atoms with Crippen LogP contribution in [0.15, 0.2) is 30.3 Å². The second kappa shape index (κ2) is 4.32. The number of para-hydroxylation sites is 1. The van der Waals surface area contributed by atoms with E-state index >= 15 is 0 Å². The van der Waals surface area contributed by atoms with E-state index in [1.165, 1.54) is 25.7 Å². The molecule has 0 bridgehead atoms. The molecular weight excluding hydrogens is 170 g/mol. The lowest BCUT2D eigenvalue weighted by Crippen LogP contribution is -1.89. The lowest BCUT2D eigenvalue weighted by Gasteiger charge is -2.02. The van der Waals surface area contributed by atoms with E-state index < -0.39 is 0 Å². The molecule has 0 spiro atoms. The molecule has 0 atom stereocenters. The molecule has 2 N–H and O–H groups in total. The molecule has 1 heteroatoms. The highest BCUT2D eigenvalue weighted by Gasteiger charge is 2.10. The van der Waals surface area contributed by atoms with E-state index in [-0.39, 0.29) is 0 Å². The molecule has 1 aromatic rings. The average Bonchev–Trinajstić information content (AvgIpc) is 2.69. The highest BCUT2D eigenvalue weighted by molar-refractivity contribution is 5.64. The predicted molar refractivity (Wildman–Crippen MR) is 61.8 cm³/mol. The van der Waals surface area contributed by atoms with Crippen LogP contribution in [0.1, 0.15) is 31.2 Å². The van der Waals surface area contributed by atoms with Crippen LogP contribution in [0, 0.1) is 5.92 Å². The van der Waals surface area contributed by atoms with Gasteiger partial charge in [-0.3, -0.25) is 0 Å². The van der Waals surface area contributed by atoms with Crippen molar-refractivity contribution in [2.45, 2.75) is 25.7 Å². The van der Waals surface area contributed by atoms with Gasteiger partial charge in [0.25, 0.3) is 0 Å². The number of rotatable bonds is 2. The van der Waals surface area contributed by atoms with E-state index in [1.54, 1.807) is 0 Å². The minimum absolute atomic E-state index is 0.787. The molecule has 1 nitrogen and oxygen atoms in total. The van der Waals surface area contributed by atoms with Crippen molar-refractivity contribution in [1.82, 2.24) is 0 Å². The van der Waals surface area contributed by atoms with Crippen molar-refractivity contribution in [3.8, 4) is 0 Å². The summed E-state index contributed by atoms with van der Waals surface area (Å²) in [6, 6.07) is 8.03. The van der Waals surface area contributed by atoms with Gasteiger partial charge in [-0.05, 0) is 30.4 Å². The van der Waals surface area contributed by atoms with E-state index in [9.17, 15) is 0 Å². The smallest absolute Gasteiger partial charge is 0.0387 e. The first-order valence-electron chi connectivity index (χ1n) is 5.39. The Hall–Kier alpha value is -1.24. The molecule has 0 heterocycles. The molecule has 2 rings (SSSR count). The van der Waals surface area contributed by atoms with E-state index in [1.807, 2.05) is 18.2 Å². The maximum Gasteiger partial charge on any atom is 0.0387 e. The summed E-state index contributed by atoms with van der Waals surface area (Å²) in [6.07, 6.45) is 9.97. The van der Waals surface area contributed by atoms with Crippen LogP contribution in [0.3, 0.4) is 0 Å². The fourth-order valence-electron chi connectivity index (χ4n) is 2.05. The molecule has 1 fully saturated rings. The van der Waals surface area contributed by atoms with Gasteiger partial charge in [-0.15, -0.1) is 0 Å². The Balaban J connectivity index is 2.06. The Morgan fingerprint density at radius 1 is 1.14 bits per heavy atom. The van der Waals surface area contributed by atoms with Gasteiger partial charge in [0.2, 0.25) is 0 Å². The number of allylic oxidation sites excluding steroid dienone is 1. The van der Waals surface area contributed by atoms with Crippen LogP contribution >= 0.6 is 0 Å². The van der Waals surface area contributed by atoms with Crippen molar-refractivity contribution in [1.29, 1.82) is 0 Å². The number of hydrogen-bond acceptors (Lipinski definition) is 1. The Labute approximate surface area is 85.6 Å². The van der Waals surface area contributed by atoms with E-state index in [4.69, 9.17) is 5.73 Å². The lowest BCUT2D eigenvalue weighted by molar-refractivity contribution is 0.689. The monoisotopic (exact) mass is 187 g/mol. The molecular formula is C13H17N. The minimum atomic E-state index is 0.787. The quantitative estimate of drug-likeness (QED) is 0.705. The minimum Gasteiger partial charge on any atom is -0.398 e. The summed E-state index contributed by atoms with van der Waals surface area (Å²) in [5.74, 6) is 0.787. The first-order chi connectivity index (χ1) is 6.86. The summed E-state index contributed by atoms with van der Waals surface area (Å²) in [7, 11) is 0. The van der Waals surface area contributed by atoms with Crippen molar-refractivity contribution >= 4 is 11.8 Å². The fraction of sp³-hybridized carbons (Fsp3) is 0.385. The van der Waals surface area contributed by atoms with Crippen molar-refractivity contribution < 1.29 is 0 Å². The van der Waals surface area contributed by atoms with Gasteiger partial charge >= 0.3 is 0 Å². The predicted octanol–water partition coefficient (Wildman–Crippen LogP) is 3.47. The van der Waals surface area contributed by atoms with Gasteiger partial charge < -0.3 is 5.73 Å². The van der Waals surface area contributed by atoms with Gasteiger partial charge in [-0.25, -0.2) is 0 Å². The van der Waals surface area contributed by atoms with Crippen LogP contribution in [0.4, 0.5) is 5.69 Å². The molecule has 0 aromatic heterocycles. The second-order valence-corrected chi connectivity index (χ2v) is 4.03. The van der Waals surface area contributed by atoms with Crippen molar-refractivity contribution in [2.75, 3.05) is 5.73 Å². The molecule has 0 saturated heterocycles. The molecule has 1 aliphatic carbocycles. The van der Waals surface area contributed by atoms with Gasteiger partial charge in [-0.1, -0.05) is 43.2 Å². The van der Waals surface area contributed by atoms with Gasteiger partial charge in [0.15, 0.2) is 0 Å². The van der Waals surface area contributed by atoms with Gasteiger partial charge in [0.05, 0.1) is 0 Å². The van der Waals surface area contributed by atoms with Crippen LogP contribution in [0.2, 0.25) is 0 Å². The van der Waals surface area contributed by atoms with Crippen molar-refractivity contribution in [2.24, 2.45) is 5.92 Å². The maximum atomic E-state index is 5.85. The highest BCUT2D eigenvalue weighted by atomic mass is 14.5. The van der Waals surface area contributed by atoms with Crippen LogP contribution < -0.4 is 5.73 Å². The largest absolute Gasteiger partial charge is 0.398 e. The summed E-state index contributed by atoms with van der Waals surface area (Å²) >= 11 is 0. The summed E-state index contributed by atoms with van der Waals surface area (Å²) in [5, 5.41) is 0. The number of benzene rings is 1. The highest BCUT2D eigenvalue weighted by Crippen LogP contribution is 2.26. The first kappa shape index (κ1) is 9.32. The second-order valence-electron chi connectivity index (χ2n) is 4.03. The number of anilines is 1. The van der Waals surface area contributed by atoms with Crippen LogP contribution in [-0.4, -0.2) is 0 Å². The standard InChI is InChI=1S/C13H17N/c14-13-8-4-3-7-12(13)10-9-11-5-1-2-6-11/h3-4,7-11H,1-2,5-6,14H2/b10-9+. The Bertz CT molecular complexity index is 322.